The molecule has 0 aliphatic rings. The van der Waals surface area contributed by atoms with Crippen molar-refractivity contribution in [2.75, 3.05) is 5.75 Å². The van der Waals surface area contributed by atoms with Crippen molar-refractivity contribution in [1.29, 1.82) is 0 Å². The molecule has 0 bridgehead atoms. The van der Waals surface area contributed by atoms with Crippen LogP contribution in [0.15, 0.2) is 24.3 Å². The second-order valence-corrected chi connectivity index (χ2v) is 5.55. The minimum atomic E-state index is -3.45. The van der Waals surface area contributed by atoms with Crippen molar-refractivity contribution in [3.05, 3.63) is 35.6 Å². The summed E-state index contributed by atoms with van der Waals surface area (Å²) in [5.41, 5.74) is 0.451. The van der Waals surface area contributed by atoms with Crippen LogP contribution >= 0.6 is 0 Å². The first-order chi connectivity index (χ1) is 7.39. The maximum atomic E-state index is 12.5. The highest BCUT2D eigenvalue weighted by atomic mass is 32.2. The Morgan fingerprint density at radius 3 is 2.31 bits per heavy atom. The van der Waals surface area contributed by atoms with Crippen LogP contribution in [0.2, 0.25) is 0 Å². The number of benzene rings is 1. The topological polar surface area (TPSA) is 71.4 Å². The summed E-state index contributed by atoms with van der Waals surface area (Å²) < 4.78 is 35.4. The third-order valence-corrected chi connectivity index (χ3v) is 3.53. The van der Waals surface area contributed by atoms with Crippen LogP contribution in [0.5, 0.6) is 0 Å². The van der Waals surface area contributed by atoms with Gasteiger partial charge in [-0.25, -0.2) is 12.8 Å². The van der Waals surface area contributed by atoms with Crippen molar-refractivity contribution in [3.63, 3.8) is 0 Å². The zero-order valence-electron chi connectivity index (χ0n) is 8.39. The largest absolute Gasteiger partial charge is 0.481 e. The van der Waals surface area contributed by atoms with Gasteiger partial charge in [0.25, 0.3) is 0 Å². The van der Waals surface area contributed by atoms with Gasteiger partial charge in [0.2, 0.25) is 0 Å². The number of hydrogen-bond acceptors (Lipinski definition) is 3. The molecule has 0 radical (unpaired) electrons. The maximum absolute atomic E-state index is 12.5. The first-order valence-corrected chi connectivity index (χ1v) is 6.38. The predicted molar refractivity (Wildman–Crippen MR) is 56.1 cm³/mol. The van der Waals surface area contributed by atoms with Crippen molar-refractivity contribution in [2.24, 2.45) is 0 Å². The van der Waals surface area contributed by atoms with Gasteiger partial charge in [0, 0.05) is 0 Å². The van der Waals surface area contributed by atoms with E-state index in [1.807, 2.05) is 0 Å². The average Bonchev–Trinajstić information content (AvgIpc) is 2.19. The lowest BCUT2D eigenvalue weighted by Gasteiger charge is -2.02. The van der Waals surface area contributed by atoms with Crippen LogP contribution in [-0.4, -0.2) is 25.2 Å². The summed E-state index contributed by atoms with van der Waals surface area (Å²) >= 11 is 0. The number of halogens is 1. The summed E-state index contributed by atoms with van der Waals surface area (Å²) in [7, 11) is -3.45. The van der Waals surface area contributed by atoms with Gasteiger partial charge in [0.1, 0.15) is 5.82 Å². The molecule has 0 fully saturated rings. The summed E-state index contributed by atoms with van der Waals surface area (Å²) in [5.74, 6) is -2.25. The molecule has 1 rings (SSSR count). The van der Waals surface area contributed by atoms with Crippen LogP contribution < -0.4 is 0 Å². The molecule has 4 nitrogen and oxygen atoms in total. The van der Waals surface area contributed by atoms with Gasteiger partial charge in [0.15, 0.2) is 9.84 Å². The summed E-state index contributed by atoms with van der Waals surface area (Å²) in [4.78, 5) is 10.2. The highest BCUT2D eigenvalue weighted by molar-refractivity contribution is 7.90. The van der Waals surface area contributed by atoms with E-state index in [9.17, 15) is 17.6 Å². The molecule has 6 heteroatoms. The second-order valence-electron chi connectivity index (χ2n) is 3.36. The van der Waals surface area contributed by atoms with E-state index in [0.717, 1.165) is 0 Å². The molecule has 0 amide bonds. The molecule has 0 atom stereocenters. The van der Waals surface area contributed by atoms with E-state index in [-0.39, 0.29) is 5.75 Å². The summed E-state index contributed by atoms with van der Waals surface area (Å²) in [6, 6.07) is 5.07. The molecule has 0 aliphatic carbocycles. The zero-order chi connectivity index (χ0) is 12.2. The highest BCUT2D eigenvalue weighted by Gasteiger charge is 2.13. The fourth-order valence-corrected chi connectivity index (χ4v) is 2.48. The maximum Gasteiger partial charge on any atom is 0.304 e. The standard InChI is InChI=1S/C10H11FO4S/c11-9-3-1-8(2-4-9)7-16(14,15)6-5-10(12)13/h1-4H,5-7H2,(H,12,13). The van der Waals surface area contributed by atoms with Gasteiger partial charge in [0.05, 0.1) is 17.9 Å². The van der Waals surface area contributed by atoms with Gasteiger partial charge in [-0.15, -0.1) is 0 Å². The Labute approximate surface area is 92.6 Å². The first kappa shape index (κ1) is 12.6. The van der Waals surface area contributed by atoms with Crippen LogP contribution in [0.4, 0.5) is 4.39 Å². The van der Waals surface area contributed by atoms with Gasteiger partial charge in [-0.2, -0.15) is 0 Å². The molecule has 1 aromatic carbocycles. The molecule has 1 N–H and O–H groups in total. The van der Waals surface area contributed by atoms with Crippen molar-refractivity contribution in [2.45, 2.75) is 12.2 Å². The van der Waals surface area contributed by atoms with Crippen LogP contribution in [-0.2, 0) is 20.4 Å². The lowest BCUT2D eigenvalue weighted by atomic mass is 10.2. The SMILES string of the molecule is O=C(O)CCS(=O)(=O)Cc1ccc(F)cc1. The van der Waals surface area contributed by atoms with E-state index in [1.54, 1.807) is 0 Å². The average molecular weight is 246 g/mol. The number of rotatable bonds is 5. The monoisotopic (exact) mass is 246 g/mol. The van der Waals surface area contributed by atoms with E-state index in [0.29, 0.717) is 5.56 Å². The summed E-state index contributed by atoms with van der Waals surface area (Å²) in [6.07, 6.45) is -0.413. The fraction of sp³-hybridized carbons (Fsp3) is 0.300. The van der Waals surface area contributed by atoms with Gasteiger partial charge in [-0.05, 0) is 17.7 Å². The number of carboxylic acid groups (broad SMARTS) is 1. The third-order valence-electron chi connectivity index (χ3n) is 1.93. The lowest BCUT2D eigenvalue weighted by Crippen LogP contribution is -2.12. The Balaban J connectivity index is 2.65. The Bertz CT molecular complexity index is 464. The quantitative estimate of drug-likeness (QED) is 0.847. The van der Waals surface area contributed by atoms with Crippen molar-refractivity contribution in [3.8, 4) is 0 Å². The smallest absolute Gasteiger partial charge is 0.304 e. The zero-order valence-corrected chi connectivity index (χ0v) is 9.21. The molecule has 1 aromatic rings. The third kappa shape index (κ3) is 4.39. The highest BCUT2D eigenvalue weighted by Crippen LogP contribution is 2.08. The van der Waals surface area contributed by atoms with Crippen LogP contribution in [0, 0.1) is 5.82 Å². The second kappa shape index (κ2) is 5.07. The predicted octanol–water partition coefficient (Wildman–Crippen LogP) is 1.22. The molecule has 88 valence electrons. The van der Waals surface area contributed by atoms with E-state index < -0.39 is 33.8 Å². The molecular weight excluding hydrogens is 235 g/mol. The Hall–Kier alpha value is -1.43. The summed E-state index contributed by atoms with van der Waals surface area (Å²) in [5, 5.41) is 8.37. The number of hydrogen-bond donors (Lipinski definition) is 1. The first-order valence-electron chi connectivity index (χ1n) is 4.56. The van der Waals surface area contributed by atoms with Crippen molar-refractivity contribution in [1.82, 2.24) is 0 Å². The molecule has 16 heavy (non-hydrogen) atoms. The summed E-state index contributed by atoms with van der Waals surface area (Å²) in [6.45, 7) is 0. The van der Waals surface area contributed by atoms with Gasteiger partial charge < -0.3 is 5.11 Å². The number of sulfone groups is 1. The molecule has 0 spiro atoms. The fourth-order valence-electron chi connectivity index (χ4n) is 1.15. The van der Waals surface area contributed by atoms with E-state index in [2.05, 4.69) is 0 Å². The minimum Gasteiger partial charge on any atom is -0.481 e. The molecular formula is C10H11FO4S. The van der Waals surface area contributed by atoms with Gasteiger partial charge >= 0.3 is 5.97 Å². The Kier molecular flexibility index (Phi) is 4.00. The van der Waals surface area contributed by atoms with Crippen LogP contribution in [0.1, 0.15) is 12.0 Å². The van der Waals surface area contributed by atoms with E-state index >= 15 is 0 Å². The Morgan fingerprint density at radius 2 is 1.81 bits per heavy atom. The molecule has 0 aromatic heterocycles. The van der Waals surface area contributed by atoms with Crippen molar-refractivity contribution < 1.29 is 22.7 Å². The van der Waals surface area contributed by atoms with Gasteiger partial charge in [-0.1, -0.05) is 12.1 Å². The van der Waals surface area contributed by atoms with E-state index in [1.165, 1.54) is 24.3 Å². The van der Waals surface area contributed by atoms with E-state index in [4.69, 9.17) is 5.11 Å². The normalized spacial score (nSPS) is 11.3. The molecule has 0 saturated heterocycles. The van der Waals surface area contributed by atoms with Crippen LogP contribution in [0.25, 0.3) is 0 Å². The number of aliphatic carboxylic acids is 1. The van der Waals surface area contributed by atoms with Crippen LogP contribution in [0.3, 0.4) is 0 Å². The lowest BCUT2D eigenvalue weighted by molar-refractivity contribution is -0.136. The molecule has 0 aliphatic heterocycles. The number of carboxylic acids is 1. The Morgan fingerprint density at radius 1 is 1.25 bits per heavy atom. The molecule has 0 saturated carbocycles. The molecule has 0 heterocycles. The molecule has 0 unspecified atom stereocenters. The number of carbonyl (C=O) groups is 1. The minimum absolute atomic E-state index is 0.263. The van der Waals surface area contributed by atoms with Crippen molar-refractivity contribution >= 4 is 15.8 Å². The van der Waals surface area contributed by atoms with Gasteiger partial charge in [-0.3, -0.25) is 4.79 Å².